The lowest BCUT2D eigenvalue weighted by Crippen LogP contribution is -2.12. The van der Waals surface area contributed by atoms with Crippen LogP contribution in [0.3, 0.4) is 0 Å². The summed E-state index contributed by atoms with van der Waals surface area (Å²) in [5.41, 5.74) is 0.789. The number of rotatable bonds is 2. The van der Waals surface area contributed by atoms with Gasteiger partial charge in [0.25, 0.3) is 5.88 Å². The topological polar surface area (TPSA) is 44.2 Å². The molecule has 1 aromatic carbocycles. The molecule has 1 aromatic heterocycles. The predicted molar refractivity (Wildman–Crippen MR) is 85.1 cm³/mol. The molecule has 0 N–H and O–H groups in total. The molecule has 0 saturated heterocycles. The first-order chi connectivity index (χ1) is 10.1. The summed E-state index contributed by atoms with van der Waals surface area (Å²) < 4.78 is 12.1. The number of hydrogen-bond donors (Lipinski definition) is 0. The predicted octanol–water partition coefficient (Wildman–Crippen LogP) is 5.32. The van der Waals surface area contributed by atoms with Crippen LogP contribution in [0, 0.1) is 0 Å². The smallest absolute Gasteiger partial charge is 0.282 e. The summed E-state index contributed by atoms with van der Waals surface area (Å²) in [5.74, 6) is 1.01. The summed E-state index contributed by atoms with van der Waals surface area (Å²) in [4.78, 5) is 0. The van der Waals surface area contributed by atoms with Crippen LogP contribution >= 0.6 is 50.7 Å². The molecule has 8 heteroatoms. The van der Waals surface area contributed by atoms with Gasteiger partial charge in [0.2, 0.25) is 0 Å². The number of benzene rings is 1. The maximum absolute atomic E-state index is 6.14. The van der Waals surface area contributed by atoms with E-state index in [2.05, 4.69) is 26.1 Å². The van der Waals surface area contributed by atoms with Crippen molar-refractivity contribution < 1.29 is 9.47 Å². The van der Waals surface area contributed by atoms with Crippen LogP contribution in [0.25, 0.3) is 0 Å². The van der Waals surface area contributed by atoms with Gasteiger partial charge >= 0.3 is 0 Å². The van der Waals surface area contributed by atoms with E-state index in [0.29, 0.717) is 33.3 Å². The van der Waals surface area contributed by atoms with Crippen molar-refractivity contribution in [2.45, 2.75) is 12.8 Å². The van der Waals surface area contributed by atoms with Crippen LogP contribution in [0.4, 0.5) is 0 Å². The molecule has 0 amide bonds. The highest BCUT2D eigenvalue weighted by molar-refractivity contribution is 9.10. The SMILES string of the molecule is Clc1cc(Br)cc(Cl)c1Oc1nnc(Cl)c2c1OCCC2. The van der Waals surface area contributed by atoms with E-state index in [9.17, 15) is 0 Å². The van der Waals surface area contributed by atoms with Gasteiger partial charge in [0.15, 0.2) is 16.7 Å². The summed E-state index contributed by atoms with van der Waals surface area (Å²) in [6, 6.07) is 3.36. The average molecular weight is 410 g/mol. The highest BCUT2D eigenvalue weighted by atomic mass is 79.9. The molecule has 21 heavy (non-hydrogen) atoms. The lowest BCUT2D eigenvalue weighted by Gasteiger charge is -2.20. The van der Waals surface area contributed by atoms with Crippen LogP contribution in [0.1, 0.15) is 12.0 Å². The van der Waals surface area contributed by atoms with Crippen molar-refractivity contribution in [1.82, 2.24) is 10.2 Å². The molecular formula is C13H8BrCl3N2O2. The average Bonchev–Trinajstić information content (AvgIpc) is 2.45. The molecule has 1 aliphatic rings. The number of fused-ring (bicyclic) bond motifs is 1. The maximum atomic E-state index is 6.14. The molecule has 0 atom stereocenters. The van der Waals surface area contributed by atoms with E-state index in [1.807, 2.05) is 0 Å². The molecule has 4 nitrogen and oxygen atoms in total. The lowest BCUT2D eigenvalue weighted by molar-refractivity contribution is 0.269. The Morgan fingerprint density at radius 3 is 2.57 bits per heavy atom. The molecule has 110 valence electrons. The largest absolute Gasteiger partial charge is 0.488 e. The van der Waals surface area contributed by atoms with Crippen LogP contribution in [0.15, 0.2) is 16.6 Å². The van der Waals surface area contributed by atoms with Gasteiger partial charge in [0, 0.05) is 10.0 Å². The van der Waals surface area contributed by atoms with Crippen molar-refractivity contribution in [2.75, 3.05) is 6.61 Å². The van der Waals surface area contributed by atoms with Gasteiger partial charge in [0.05, 0.1) is 16.7 Å². The summed E-state index contributed by atoms with van der Waals surface area (Å²) >= 11 is 21.6. The zero-order valence-corrected chi connectivity index (χ0v) is 14.4. The number of halogens is 4. The van der Waals surface area contributed by atoms with Gasteiger partial charge in [-0.2, -0.15) is 0 Å². The van der Waals surface area contributed by atoms with Crippen molar-refractivity contribution >= 4 is 50.7 Å². The van der Waals surface area contributed by atoms with E-state index in [4.69, 9.17) is 44.3 Å². The summed E-state index contributed by atoms with van der Waals surface area (Å²) in [6.45, 7) is 0.577. The third-order valence-corrected chi connectivity index (χ3v) is 4.25. The van der Waals surface area contributed by atoms with Gasteiger partial charge in [-0.25, -0.2) is 0 Å². The van der Waals surface area contributed by atoms with Crippen LogP contribution in [-0.2, 0) is 6.42 Å². The van der Waals surface area contributed by atoms with Crippen molar-refractivity contribution in [3.63, 3.8) is 0 Å². The quantitative estimate of drug-likeness (QED) is 0.672. The molecule has 2 aromatic rings. The molecule has 0 unspecified atom stereocenters. The summed E-state index contributed by atoms with van der Waals surface area (Å²) in [6.07, 6.45) is 1.64. The van der Waals surface area contributed by atoms with Gasteiger partial charge in [-0.1, -0.05) is 50.7 Å². The Labute approximate surface area is 144 Å². The molecule has 0 radical (unpaired) electrons. The van der Waals surface area contributed by atoms with Gasteiger partial charge in [-0.15, -0.1) is 10.2 Å². The van der Waals surface area contributed by atoms with E-state index in [1.165, 1.54) is 0 Å². The summed E-state index contributed by atoms with van der Waals surface area (Å²) in [5, 5.41) is 8.85. The second-order valence-corrected chi connectivity index (χ2v) is 6.44. The Morgan fingerprint density at radius 2 is 1.86 bits per heavy atom. The van der Waals surface area contributed by atoms with Crippen molar-refractivity contribution in [3.8, 4) is 17.4 Å². The Hall–Kier alpha value is -0.750. The minimum absolute atomic E-state index is 0.209. The van der Waals surface area contributed by atoms with Crippen LogP contribution < -0.4 is 9.47 Å². The van der Waals surface area contributed by atoms with E-state index in [1.54, 1.807) is 12.1 Å². The van der Waals surface area contributed by atoms with Crippen molar-refractivity contribution in [1.29, 1.82) is 0 Å². The highest BCUT2D eigenvalue weighted by Crippen LogP contribution is 2.43. The first-order valence-electron chi connectivity index (χ1n) is 6.06. The van der Waals surface area contributed by atoms with E-state index < -0.39 is 0 Å². The molecular weight excluding hydrogens is 402 g/mol. The van der Waals surface area contributed by atoms with Crippen LogP contribution in [-0.4, -0.2) is 16.8 Å². The molecule has 0 spiro atoms. The molecule has 3 rings (SSSR count). The van der Waals surface area contributed by atoms with E-state index in [-0.39, 0.29) is 5.88 Å². The Kier molecular flexibility index (Phi) is 4.45. The molecule has 1 aliphatic heterocycles. The Morgan fingerprint density at radius 1 is 1.14 bits per heavy atom. The molecule has 0 bridgehead atoms. The zero-order valence-electron chi connectivity index (χ0n) is 10.5. The third kappa shape index (κ3) is 3.06. The number of ether oxygens (including phenoxy) is 2. The van der Waals surface area contributed by atoms with Gasteiger partial charge < -0.3 is 9.47 Å². The molecule has 0 saturated carbocycles. The van der Waals surface area contributed by atoms with Crippen molar-refractivity contribution in [3.05, 3.63) is 37.4 Å². The molecule has 0 aliphatic carbocycles. The monoisotopic (exact) mass is 408 g/mol. The van der Waals surface area contributed by atoms with Crippen LogP contribution in [0.5, 0.6) is 17.4 Å². The lowest BCUT2D eigenvalue weighted by atomic mass is 10.1. The Balaban J connectivity index is 2.03. The Bertz CT molecular complexity index is 689. The number of hydrogen-bond acceptors (Lipinski definition) is 4. The van der Waals surface area contributed by atoms with Crippen molar-refractivity contribution in [2.24, 2.45) is 0 Å². The molecule has 0 fully saturated rings. The fourth-order valence-electron chi connectivity index (χ4n) is 2.00. The normalized spacial score (nSPS) is 13.5. The minimum atomic E-state index is 0.209. The highest BCUT2D eigenvalue weighted by Gasteiger charge is 2.23. The summed E-state index contributed by atoms with van der Waals surface area (Å²) in [7, 11) is 0. The number of aromatic nitrogens is 2. The second-order valence-electron chi connectivity index (χ2n) is 4.36. The zero-order chi connectivity index (χ0) is 15.0. The fraction of sp³-hybridized carbons (Fsp3) is 0.231. The van der Waals surface area contributed by atoms with Crippen LogP contribution in [0.2, 0.25) is 15.2 Å². The maximum Gasteiger partial charge on any atom is 0.282 e. The van der Waals surface area contributed by atoms with Gasteiger partial charge in [-0.3, -0.25) is 0 Å². The fourth-order valence-corrected chi connectivity index (χ4v) is 3.50. The third-order valence-electron chi connectivity index (χ3n) is 2.93. The molecule has 2 heterocycles. The first-order valence-corrected chi connectivity index (χ1v) is 7.99. The first kappa shape index (κ1) is 15.2. The van der Waals surface area contributed by atoms with Gasteiger partial charge in [0.1, 0.15) is 0 Å². The standard InChI is InChI=1S/C13H8BrCl3N2O2/c14-6-4-8(15)11(9(16)5-6)21-13-10-7(2-1-3-20-10)12(17)18-19-13/h4-5H,1-3H2. The second kappa shape index (κ2) is 6.16. The van der Waals surface area contributed by atoms with Gasteiger partial charge in [-0.05, 0) is 25.0 Å². The number of nitrogens with zero attached hydrogens (tertiary/aromatic N) is 2. The van der Waals surface area contributed by atoms with E-state index in [0.717, 1.165) is 22.9 Å². The van der Waals surface area contributed by atoms with E-state index >= 15 is 0 Å². The minimum Gasteiger partial charge on any atom is -0.488 e.